The molecule has 0 aliphatic carbocycles. The van der Waals surface area contributed by atoms with Gasteiger partial charge in [-0.15, -0.1) is 12.4 Å². The van der Waals surface area contributed by atoms with Crippen LogP contribution in [0.5, 0.6) is 5.75 Å². The van der Waals surface area contributed by atoms with Crippen molar-refractivity contribution in [2.75, 3.05) is 19.5 Å². The van der Waals surface area contributed by atoms with Crippen molar-refractivity contribution in [3.63, 3.8) is 0 Å². The number of halogens is 1. The van der Waals surface area contributed by atoms with Gasteiger partial charge in [-0.3, -0.25) is 0 Å². The van der Waals surface area contributed by atoms with Crippen LogP contribution in [-0.4, -0.2) is 19.7 Å². The van der Waals surface area contributed by atoms with E-state index < -0.39 is 5.97 Å². The Bertz CT molecular complexity index is 304. The van der Waals surface area contributed by atoms with E-state index in [2.05, 4.69) is 4.74 Å². The molecule has 0 unspecified atom stereocenters. The van der Waals surface area contributed by atoms with Crippen LogP contribution in [0, 0.1) is 0 Å². The number of hydrogen-bond acceptors (Lipinski definition) is 4. The van der Waals surface area contributed by atoms with Crippen molar-refractivity contribution in [2.24, 2.45) is 0 Å². The average molecular weight is 218 g/mol. The molecular weight excluding hydrogens is 206 g/mol. The lowest BCUT2D eigenvalue weighted by Crippen LogP contribution is -2.12. The van der Waals surface area contributed by atoms with Crippen LogP contribution in [0.1, 0.15) is 0 Å². The van der Waals surface area contributed by atoms with E-state index in [0.29, 0.717) is 11.4 Å². The van der Waals surface area contributed by atoms with E-state index in [1.165, 1.54) is 7.11 Å². The summed E-state index contributed by atoms with van der Waals surface area (Å²) in [6, 6.07) is 6.86. The maximum absolute atomic E-state index is 10.7. The predicted octanol–water partition coefficient (Wildman–Crippen LogP) is 1.24. The van der Waals surface area contributed by atoms with E-state index >= 15 is 0 Å². The number of ether oxygens (including phenoxy) is 2. The van der Waals surface area contributed by atoms with Gasteiger partial charge in [0, 0.05) is 11.8 Å². The van der Waals surface area contributed by atoms with Gasteiger partial charge in [0.25, 0.3) is 0 Å². The Labute approximate surface area is 88.4 Å². The maximum Gasteiger partial charge on any atom is 0.343 e. The molecule has 1 rings (SSSR count). The van der Waals surface area contributed by atoms with Gasteiger partial charge in [0.2, 0.25) is 0 Å². The van der Waals surface area contributed by atoms with Crippen molar-refractivity contribution in [3.8, 4) is 5.75 Å². The van der Waals surface area contributed by atoms with Crippen molar-refractivity contribution < 1.29 is 14.3 Å². The Morgan fingerprint density at radius 3 is 2.79 bits per heavy atom. The molecule has 0 spiro atoms. The summed E-state index contributed by atoms with van der Waals surface area (Å²) < 4.78 is 9.49. The zero-order valence-electron chi connectivity index (χ0n) is 7.73. The fraction of sp³-hybridized carbons (Fsp3) is 0.222. The van der Waals surface area contributed by atoms with Gasteiger partial charge in [-0.2, -0.15) is 0 Å². The summed E-state index contributed by atoms with van der Waals surface area (Å²) in [7, 11) is 1.31. The Kier molecular flexibility index (Phi) is 5.48. The number of hydrogen-bond donors (Lipinski definition) is 1. The first-order valence-electron chi connectivity index (χ1n) is 3.77. The summed E-state index contributed by atoms with van der Waals surface area (Å²) in [6.45, 7) is -0.0973. The number of nitrogens with two attached hydrogens (primary N) is 1. The second kappa shape index (κ2) is 6.10. The highest BCUT2D eigenvalue weighted by molar-refractivity contribution is 5.85. The fourth-order valence-corrected chi connectivity index (χ4v) is 0.806. The number of anilines is 1. The standard InChI is InChI=1S/C9H11NO3.ClH/c1-12-9(11)6-13-8-4-2-3-7(10)5-8;/h2-5H,6,10H2,1H3;1H. The van der Waals surface area contributed by atoms with E-state index in [1.54, 1.807) is 24.3 Å². The van der Waals surface area contributed by atoms with Gasteiger partial charge in [-0.25, -0.2) is 4.79 Å². The van der Waals surface area contributed by atoms with Crippen molar-refractivity contribution in [3.05, 3.63) is 24.3 Å². The first kappa shape index (κ1) is 12.6. The van der Waals surface area contributed by atoms with Crippen LogP contribution in [0.25, 0.3) is 0 Å². The second-order valence-electron chi connectivity index (χ2n) is 2.44. The summed E-state index contributed by atoms with van der Waals surface area (Å²) in [5.41, 5.74) is 6.10. The molecule has 0 aromatic heterocycles. The third-order valence-electron chi connectivity index (χ3n) is 1.44. The fourth-order valence-electron chi connectivity index (χ4n) is 0.806. The summed E-state index contributed by atoms with van der Waals surface area (Å²) in [5.74, 6) is 0.146. The minimum atomic E-state index is -0.414. The highest BCUT2D eigenvalue weighted by Gasteiger charge is 2.00. The van der Waals surface area contributed by atoms with Gasteiger partial charge in [-0.1, -0.05) is 6.07 Å². The second-order valence-corrected chi connectivity index (χ2v) is 2.44. The summed E-state index contributed by atoms with van der Waals surface area (Å²) >= 11 is 0. The number of benzene rings is 1. The number of methoxy groups -OCH3 is 1. The molecule has 0 aliphatic rings. The Hall–Kier alpha value is -1.42. The quantitative estimate of drug-likeness (QED) is 0.611. The van der Waals surface area contributed by atoms with E-state index in [4.69, 9.17) is 10.5 Å². The number of esters is 1. The van der Waals surface area contributed by atoms with E-state index in [-0.39, 0.29) is 19.0 Å². The zero-order chi connectivity index (χ0) is 9.68. The summed E-state index contributed by atoms with van der Waals surface area (Å²) in [4.78, 5) is 10.7. The van der Waals surface area contributed by atoms with Crippen LogP contribution in [0.3, 0.4) is 0 Å². The van der Waals surface area contributed by atoms with Crippen LogP contribution >= 0.6 is 12.4 Å². The predicted molar refractivity (Wildman–Crippen MR) is 55.6 cm³/mol. The van der Waals surface area contributed by atoms with Crippen molar-refractivity contribution in [1.29, 1.82) is 0 Å². The monoisotopic (exact) mass is 217 g/mol. The molecule has 0 amide bonds. The van der Waals surface area contributed by atoms with Crippen LogP contribution in [0.2, 0.25) is 0 Å². The van der Waals surface area contributed by atoms with Gasteiger partial charge in [-0.05, 0) is 12.1 Å². The minimum absolute atomic E-state index is 0. The summed E-state index contributed by atoms with van der Waals surface area (Å²) in [5, 5.41) is 0. The van der Waals surface area contributed by atoms with Crippen LogP contribution in [0.15, 0.2) is 24.3 Å². The van der Waals surface area contributed by atoms with Crippen molar-refractivity contribution in [2.45, 2.75) is 0 Å². The van der Waals surface area contributed by atoms with Gasteiger partial charge >= 0.3 is 5.97 Å². The first-order chi connectivity index (χ1) is 6.22. The van der Waals surface area contributed by atoms with E-state index in [0.717, 1.165) is 0 Å². The molecule has 0 saturated carbocycles. The van der Waals surface area contributed by atoms with E-state index in [9.17, 15) is 4.79 Å². The van der Waals surface area contributed by atoms with Gasteiger partial charge in [0.1, 0.15) is 5.75 Å². The molecule has 4 nitrogen and oxygen atoms in total. The van der Waals surface area contributed by atoms with Crippen LogP contribution < -0.4 is 10.5 Å². The molecule has 0 saturated heterocycles. The summed E-state index contributed by atoms with van der Waals surface area (Å²) in [6.07, 6.45) is 0. The topological polar surface area (TPSA) is 61.5 Å². The lowest BCUT2D eigenvalue weighted by Gasteiger charge is -2.04. The molecular formula is C9H12ClNO3. The van der Waals surface area contributed by atoms with Crippen LogP contribution in [0.4, 0.5) is 5.69 Å². The third-order valence-corrected chi connectivity index (χ3v) is 1.44. The Morgan fingerprint density at radius 2 is 2.21 bits per heavy atom. The normalized spacial score (nSPS) is 8.64. The number of nitrogen functional groups attached to an aromatic ring is 1. The molecule has 0 aliphatic heterocycles. The number of rotatable bonds is 3. The maximum atomic E-state index is 10.7. The van der Waals surface area contributed by atoms with Gasteiger partial charge in [0.05, 0.1) is 7.11 Å². The molecule has 0 heterocycles. The van der Waals surface area contributed by atoms with Crippen molar-refractivity contribution in [1.82, 2.24) is 0 Å². The molecule has 0 fully saturated rings. The lowest BCUT2D eigenvalue weighted by atomic mass is 10.3. The molecule has 0 bridgehead atoms. The molecule has 1 aromatic rings. The van der Waals surface area contributed by atoms with Crippen molar-refractivity contribution >= 4 is 24.1 Å². The minimum Gasteiger partial charge on any atom is -0.482 e. The van der Waals surface area contributed by atoms with Gasteiger partial charge < -0.3 is 15.2 Å². The first-order valence-corrected chi connectivity index (χ1v) is 3.77. The largest absolute Gasteiger partial charge is 0.482 e. The highest BCUT2D eigenvalue weighted by Crippen LogP contribution is 2.13. The Morgan fingerprint density at radius 1 is 1.50 bits per heavy atom. The van der Waals surface area contributed by atoms with E-state index in [1.807, 2.05) is 0 Å². The van der Waals surface area contributed by atoms with Gasteiger partial charge in [0.15, 0.2) is 6.61 Å². The molecule has 0 radical (unpaired) electrons. The molecule has 78 valence electrons. The smallest absolute Gasteiger partial charge is 0.343 e. The Balaban J connectivity index is 0.00000169. The number of carbonyl (C=O) groups is 1. The zero-order valence-corrected chi connectivity index (χ0v) is 8.54. The average Bonchev–Trinajstić information content (AvgIpc) is 2.14. The molecule has 2 N–H and O–H groups in total. The molecule has 0 atom stereocenters. The third kappa shape index (κ3) is 4.00. The van der Waals surface area contributed by atoms with Crippen LogP contribution in [-0.2, 0) is 9.53 Å². The molecule has 1 aromatic carbocycles. The lowest BCUT2D eigenvalue weighted by molar-refractivity contribution is -0.142. The highest BCUT2D eigenvalue weighted by atomic mass is 35.5. The molecule has 5 heteroatoms. The SMILES string of the molecule is COC(=O)COc1cccc(N)c1.Cl. The number of carbonyl (C=O) groups excluding carboxylic acids is 1. The molecule has 14 heavy (non-hydrogen) atoms.